The summed E-state index contributed by atoms with van der Waals surface area (Å²) in [6.07, 6.45) is 4.13. The minimum absolute atomic E-state index is 0.190. The van der Waals surface area contributed by atoms with Crippen LogP contribution in [0.2, 0.25) is 0 Å². The molecule has 0 fully saturated rings. The van der Waals surface area contributed by atoms with Gasteiger partial charge in [-0.1, -0.05) is 17.8 Å². The smallest absolute Gasteiger partial charge is 0.291 e. The first-order valence-electron chi connectivity index (χ1n) is 6.94. The summed E-state index contributed by atoms with van der Waals surface area (Å²) in [6, 6.07) is 6.16. The molecule has 0 spiro atoms. The lowest BCUT2D eigenvalue weighted by molar-refractivity contribution is 0.571. The van der Waals surface area contributed by atoms with E-state index in [-0.39, 0.29) is 5.69 Å². The minimum Gasteiger partial charge on any atom is -0.291 e. The maximum absolute atomic E-state index is 12.4. The zero-order valence-electron chi connectivity index (χ0n) is 11.5. The number of rotatable bonds is 4. The molecule has 0 saturated heterocycles. The van der Waals surface area contributed by atoms with Crippen molar-refractivity contribution in [2.75, 3.05) is 5.75 Å². The molecular formula is C15H15N3OS2. The Kier molecular flexibility index (Phi) is 4.42. The molecule has 108 valence electrons. The molecule has 1 aliphatic rings. The molecule has 0 radical (unpaired) electrons. The molecule has 6 heteroatoms. The van der Waals surface area contributed by atoms with Gasteiger partial charge >= 0.3 is 5.69 Å². The topological polar surface area (TPSA) is 58.7 Å². The second-order valence-electron chi connectivity index (χ2n) is 4.94. The Labute approximate surface area is 131 Å². The fourth-order valence-electron chi connectivity index (χ4n) is 2.69. The Balaban J connectivity index is 2.04. The number of aromatic nitrogens is 2. The van der Waals surface area contributed by atoms with Crippen LogP contribution in [0.25, 0.3) is 0 Å². The molecule has 0 amide bonds. The van der Waals surface area contributed by atoms with Crippen molar-refractivity contribution >= 4 is 23.1 Å². The summed E-state index contributed by atoms with van der Waals surface area (Å²) in [7, 11) is 0. The van der Waals surface area contributed by atoms with E-state index in [0.29, 0.717) is 12.3 Å². The highest BCUT2D eigenvalue weighted by molar-refractivity contribution is 7.99. The molecule has 21 heavy (non-hydrogen) atoms. The second kappa shape index (κ2) is 6.46. The van der Waals surface area contributed by atoms with Crippen LogP contribution < -0.4 is 5.69 Å². The molecule has 3 rings (SSSR count). The summed E-state index contributed by atoms with van der Waals surface area (Å²) in [5, 5.41) is 11.5. The van der Waals surface area contributed by atoms with Gasteiger partial charge in [-0.3, -0.25) is 4.57 Å². The maximum atomic E-state index is 12.4. The van der Waals surface area contributed by atoms with E-state index in [9.17, 15) is 4.79 Å². The van der Waals surface area contributed by atoms with E-state index in [1.807, 2.05) is 22.1 Å². The molecule has 2 heterocycles. The number of hydrogen-bond acceptors (Lipinski definition) is 5. The van der Waals surface area contributed by atoms with Crippen molar-refractivity contribution in [3.63, 3.8) is 0 Å². The number of nitrogens with zero attached hydrogens (tertiary/aromatic N) is 3. The summed E-state index contributed by atoms with van der Waals surface area (Å²) in [4.78, 5) is 17.8. The quantitative estimate of drug-likeness (QED) is 0.643. The number of hydrogen-bond donors (Lipinski definition) is 0. The SMILES string of the molecule is N#CCSc1nc(=O)n(Cc2cccs2)c2c1CCCC2. The normalized spacial score (nSPS) is 13.7. The summed E-state index contributed by atoms with van der Waals surface area (Å²) >= 11 is 3.04. The lowest BCUT2D eigenvalue weighted by atomic mass is 9.97. The van der Waals surface area contributed by atoms with Crippen LogP contribution in [0.1, 0.15) is 29.0 Å². The number of thioether (sulfide) groups is 1. The van der Waals surface area contributed by atoms with E-state index in [1.165, 1.54) is 22.2 Å². The summed E-state index contributed by atoms with van der Waals surface area (Å²) in [6.45, 7) is 0.606. The monoisotopic (exact) mass is 317 g/mol. The third-order valence-corrected chi connectivity index (χ3v) is 5.36. The van der Waals surface area contributed by atoms with Crippen LogP contribution in [0.3, 0.4) is 0 Å². The van der Waals surface area contributed by atoms with Crippen molar-refractivity contribution in [3.05, 3.63) is 44.1 Å². The van der Waals surface area contributed by atoms with E-state index >= 15 is 0 Å². The van der Waals surface area contributed by atoms with Crippen molar-refractivity contribution in [1.82, 2.24) is 9.55 Å². The molecule has 0 unspecified atom stereocenters. The van der Waals surface area contributed by atoms with Crippen molar-refractivity contribution in [3.8, 4) is 6.07 Å². The van der Waals surface area contributed by atoms with Gasteiger partial charge in [-0.05, 0) is 37.1 Å². The van der Waals surface area contributed by atoms with E-state index in [4.69, 9.17) is 5.26 Å². The van der Waals surface area contributed by atoms with Crippen molar-refractivity contribution < 1.29 is 0 Å². The van der Waals surface area contributed by atoms with Gasteiger partial charge in [0.2, 0.25) is 0 Å². The predicted octanol–water partition coefficient (Wildman–Crippen LogP) is 2.85. The average molecular weight is 317 g/mol. The van der Waals surface area contributed by atoms with E-state index in [2.05, 4.69) is 11.1 Å². The van der Waals surface area contributed by atoms with Gasteiger partial charge in [-0.25, -0.2) is 4.79 Å². The van der Waals surface area contributed by atoms with E-state index < -0.39 is 0 Å². The fraction of sp³-hybridized carbons (Fsp3) is 0.400. The van der Waals surface area contributed by atoms with Crippen LogP contribution in [0.4, 0.5) is 0 Å². The minimum atomic E-state index is -0.190. The highest BCUT2D eigenvalue weighted by Gasteiger charge is 2.20. The Hall–Kier alpha value is -1.58. The highest BCUT2D eigenvalue weighted by Crippen LogP contribution is 2.28. The molecular weight excluding hydrogens is 302 g/mol. The van der Waals surface area contributed by atoms with Crippen molar-refractivity contribution in [2.24, 2.45) is 0 Å². The van der Waals surface area contributed by atoms with Gasteiger partial charge in [-0.15, -0.1) is 11.3 Å². The summed E-state index contributed by atoms with van der Waals surface area (Å²) in [5.74, 6) is 0.341. The maximum Gasteiger partial charge on any atom is 0.349 e. The first-order valence-corrected chi connectivity index (χ1v) is 8.81. The predicted molar refractivity (Wildman–Crippen MR) is 84.9 cm³/mol. The van der Waals surface area contributed by atoms with Crippen LogP contribution in [0, 0.1) is 11.3 Å². The molecule has 0 aliphatic heterocycles. The second-order valence-corrected chi connectivity index (χ2v) is 6.94. The molecule has 0 aromatic carbocycles. The Morgan fingerprint density at radius 2 is 2.29 bits per heavy atom. The summed E-state index contributed by atoms with van der Waals surface area (Å²) < 4.78 is 1.82. The van der Waals surface area contributed by atoms with Gasteiger partial charge in [0.15, 0.2) is 0 Å². The molecule has 4 nitrogen and oxygen atoms in total. The molecule has 1 aliphatic carbocycles. The van der Waals surface area contributed by atoms with Crippen LogP contribution in [-0.4, -0.2) is 15.3 Å². The van der Waals surface area contributed by atoms with Gasteiger partial charge in [0.1, 0.15) is 5.03 Å². The highest BCUT2D eigenvalue weighted by atomic mass is 32.2. The van der Waals surface area contributed by atoms with Gasteiger partial charge in [0, 0.05) is 16.1 Å². The molecule has 2 aromatic rings. The molecule has 0 saturated carbocycles. The van der Waals surface area contributed by atoms with Crippen LogP contribution in [0.5, 0.6) is 0 Å². The molecule has 2 aromatic heterocycles. The van der Waals surface area contributed by atoms with Crippen LogP contribution >= 0.6 is 23.1 Å². The zero-order valence-corrected chi connectivity index (χ0v) is 13.2. The first-order chi connectivity index (χ1) is 10.3. The van der Waals surface area contributed by atoms with Crippen molar-refractivity contribution in [1.29, 1.82) is 5.26 Å². The van der Waals surface area contributed by atoms with E-state index in [1.54, 1.807) is 11.3 Å². The molecule has 0 bridgehead atoms. The lowest BCUT2D eigenvalue weighted by Gasteiger charge is -2.22. The zero-order chi connectivity index (χ0) is 14.7. The Morgan fingerprint density at radius 1 is 1.43 bits per heavy atom. The fourth-order valence-corrected chi connectivity index (χ4v) is 4.12. The van der Waals surface area contributed by atoms with Crippen LogP contribution in [-0.2, 0) is 19.4 Å². The number of thiophene rings is 1. The van der Waals surface area contributed by atoms with E-state index in [0.717, 1.165) is 36.4 Å². The van der Waals surface area contributed by atoms with Gasteiger partial charge < -0.3 is 0 Å². The standard InChI is InChI=1S/C15H15N3OS2/c16-7-9-21-14-12-5-1-2-6-13(12)18(15(19)17-14)10-11-4-3-8-20-11/h3-4,8H,1-2,5-6,9-10H2. The molecule has 0 N–H and O–H groups in total. The van der Waals surface area contributed by atoms with Gasteiger partial charge in [-0.2, -0.15) is 10.2 Å². The third-order valence-electron chi connectivity index (χ3n) is 3.62. The first kappa shape index (κ1) is 14.4. The Bertz CT molecular complexity index is 729. The third kappa shape index (κ3) is 3.04. The molecule has 0 atom stereocenters. The van der Waals surface area contributed by atoms with Crippen molar-refractivity contribution in [2.45, 2.75) is 37.3 Å². The van der Waals surface area contributed by atoms with Gasteiger partial charge in [0.05, 0.1) is 18.4 Å². The summed E-state index contributed by atoms with van der Waals surface area (Å²) in [5.41, 5.74) is 2.11. The average Bonchev–Trinajstić information content (AvgIpc) is 3.01. The van der Waals surface area contributed by atoms with Gasteiger partial charge in [0.25, 0.3) is 0 Å². The number of fused-ring (bicyclic) bond motifs is 1. The lowest BCUT2D eigenvalue weighted by Crippen LogP contribution is -2.30. The number of nitriles is 1. The van der Waals surface area contributed by atoms with Crippen LogP contribution in [0.15, 0.2) is 27.3 Å². The largest absolute Gasteiger partial charge is 0.349 e. The Morgan fingerprint density at radius 3 is 3.05 bits per heavy atom.